The number of hydrogen-bond donors (Lipinski definition) is 1. The Balaban J connectivity index is 0.000000354. The lowest BCUT2D eigenvalue weighted by molar-refractivity contribution is -0.123. The second-order valence-electron chi connectivity index (χ2n) is 3.39. The van der Waals surface area contributed by atoms with Crippen molar-refractivity contribution in [3.8, 4) is 0 Å². The van der Waals surface area contributed by atoms with Gasteiger partial charge in [0.05, 0.1) is 0 Å². The molecule has 0 unspecified atom stereocenters. The number of carbonyl (C=O) groups excluding carboxylic acids is 1. The molecule has 1 aliphatic carbocycles. The van der Waals surface area contributed by atoms with Gasteiger partial charge in [0, 0.05) is 12.8 Å². The van der Waals surface area contributed by atoms with Crippen LogP contribution in [-0.4, -0.2) is 17.4 Å². The molecule has 0 spiro atoms. The van der Waals surface area contributed by atoms with Gasteiger partial charge in [0.15, 0.2) is 0 Å². The van der Waals surface area contributed by atoms with Crippen LogP contribution in [0, 0.1) is 11.8 Å². The fourth-order valence-corrected chi connectivity index (χ4v) is 1.41. The smallest absolute Gasteiger partial charge is 0.290 e. The third-order valence-corrected chi connectivity index (χ3v) is 2.23. The lowest BCUT2D eigenvalue weighted by Crippen LogP contribution is -2.03. The Hall–Kier alpha value is -0.860. The summed E-state index contributed by atoms with van der Waals surface area (Å²) in [6, 6.07) is 0. The minimum absolute atomic E-state index is 0.250. The number of hydrogen-bond acceptors (Lipinski definition) is 2. The molecule has 0 amide bonds. The third kappa shape index (κ3) is 4.11. The molecule has 3 heteroatoms. The fourth-order valence-electron chi connectivity index (χ4n) is 1.41. The highest BCUT2D eigenvalue weighted by atomic mass is 16.3. The van der Waals surface area contributed by atoms with Crippen molar-refractivity contribution in [2.45, 2.75) is 33.1 Å². The van der Waals surface area contributed by atoms with Gasteiger partial charge in [-0.25, -0.2) is 0 Å². The highest BCUT2D eigenvalue weighted by molar-refractivity contribution is 5.80. The van der Waals surface area contributed by atoms with Crippen molar-refractivity contribution in [3.63, 3.8) is 0 Å². The van der Waals surface area contributed by atoms with Crippen LogP contribution in [-0.2, 0) is 9.59 Å². The maximum absolute atomic E-state index is 10.8. The van der Waals surface area contributed by atoms with Gasteiger partial charge in [0.25, 0.3) is 6.47 Å². The number of Topliss-reactive ketones (excluding diaryl/α,β-unsaturated/α-hetero) is 1. The lowest BCUT2D eigenvalue weighted by Gasteiger charge is -2.10. The van der Waals surface area contributed by atoms with E-state index in [1.54, 1.807) is 0 Å². The summed E-state index contributed by atoms with van der Waals surface area (Å²) in [6.07, 6.45) is 2.82. The molecule has 1 aliphatic rings. The van der Waals surface area contributed by atoms with Gasteiger partial charge in [-0.3, -0.25) is 9.59 Å². The van der Waals surface area contributed by atoms with Crippen molar-refractivity contribution >= 4 is 12.3 Å². The SMILES string of the molecule is CC(C)[C@H]1CCC(=O)C1.O=CO. The molecule has 0 aromatic rings. The topological polar surface area (TPSA) is 54.4 Å². The zero-order valence-corrected chi connectivity index (χ0v) is 7.62. The summed E-state index contributed by atoms with van der Waals surface area (Å²) in [5.41, 5.74) is 0. The average molecular weight is 172 g/mol. The molecule has 0 radical (unpaired) electrons. The first-order valence-corrected chi connectivity index (χ1v) is 4.21. The van der Waals surface area contributed by atoms with Crippen LogP contribution in [0.3, 0.4) is 0 Å². The van der Waals surface area contributed by atoms with E-state index >= 15 is 0 Å². The molecule has 1 N–H and O–H groups in total. The number of rotatable bonds is 1. The molecule has 0 bridgehead atoms. The summed E-state index contributed by atoms with van der Waals surface area (Å²) < 4.78 is 0. The largest absolute Gasteiger partial charge is 0.483 e. The van der Waals surface area contributed by atoms with E-state index in [-0.39, 0.29) is 6.47 Å². The van der Waals surface area contributed by atoms with Gasteiger partial charge < -0.3 is 5.11 Å². The van der Waals surface area contributed by atoms with Gasteiger partial charge in [-0.2, -0.15) is 0 Å². The van der Waals surface area contributed by atoms with Gasteiger partial charge in [0.1, 0.15) is 5.78 Å². The Morgan fingerprint density at radius 3 is 2.25 bits per heavy atom. The molecule has 1 fully saturated rings. The molecule has 0 saturated heterocycles. The first-order valence-electron chi connectivity index (χ1n) is 4.21. The van der Waals surface area contributed by atoms with Gasteiger partial charge in [0.2, 0.25) is 0 Å². The summed E-state index contributed by atoms with van der Waals surface area (Å²) in [5, 5.41) is 6.89. The maximum Gasteiger partial charge on any atom is 0.290 e. The molecule has 12 heavy (non-hydrogen) atoms. The molecule has 0 aromatic heterocycles. The van der Waals surface area contributed by atoms with Gasteiger partial charge in [-0.1, -0.05) is 13.8 Å². The van der Waals surface area contributed by atoms with Crippen LogP contribution in [0.4, 0.5) is 0 Å². The van der Waals surface area contributed by atoms with Crippen LogP contribution in [0.15, 0.2) is 0 Å². The van der Waals surface area contributed by atoms with Gasteiger partial charge in [-0.05, 0) is 18.3 Å². The van der Waals surface area contributed by atoms with E-state index in [9.17, 15) is 4.79 Å². The van der Waals surface area contributed by atoms with E-state index < -0.39 is 0 Å². The van der Waals surface area contributed by atoms with Crippen LogP contribution in [0.1, 0.15) is 33.1 Å². The van der Waals surface area contributed by atoms with Crippen LogP contribution >= 0.6 is 0 Å². The molecule has 0 heterocycles. The van der Waals surface area contributed by atoms with E-state index in [4.69, 9.17) is 9.90 Å². The Morgan fingerprint density at radius 1 is 1.58 bits per heavy atom. The van der Waals surface area contributed by atoms with E-state index in [0.717, 1.165) is 19.3 Å². The first-order chi connectivity index (χ1) is 5.61. The highest BCUT2D eigenvalue weighted by Crippen LogP contribution is 2.28. The second kappa shape index (κ2) is 5.75. The molecular weight excluding hydrogens is 156 g/mol. The predicted molar refractivity (Wildman–Crippen MR) is 45.9 cm³/mol. The van der Waals surface area contributed by atoms with Crippen molar-refractivity contribution in [2.24, 2.45) is 11.8 Å². The second-order valence-corrected chi connectivity index (χ2v) is 3.39. The zero-order valence-electron chi connectivity index (χ0n) is 7.62. The molecular formula is C9H16O3. The minimum Gasteiger partial charge on any atom is -0.483 e. The Labute approximate surface area is 72.8 Å². The van der Waals surface area contributed by atoms with Crippen LogP contribution in [0.5, 0.6) is 0 Å². The molecule has 70 valence electrons. The van der Waals surface area contributed by atoms with Gasteiger partial charge >= 0.3 is 0 Å². The normalized spacial score (nSPS) is 21.9. The van der Waals surface area contributed by atoms with Crippen molar-refractivity contribution in [2.75, 3.05) is 0 Å². The first kappa shape index (κ1) is 11.1. The van der Waals surface area contributed by atoms with Crippen molar-refractivity contribution < 1.29 is 14.7 Å². The van der Waals surface area contributed by atoms with Crippen LogP contribution in [0.25, 0.3) is 0 Å². The summed E-state index contributed by atoms with van der Waals surface area (Å²) in [6.45, 7) is 4.15. The Morgan fingerprint density at radius 2 is 2.08 bits per heavy atom. The quantitative estimate of drug-likeness (QED) is 0.612. The molecule has 3 nitrogen and oxygen atoms in total. The van der Waals surface area contributed by atoms with E-state index in [1.165, 1.54) is 0 Å². The van der Waals surface area contributed by atoms with Crippen molar-refractivity contribution in [1.29, 1.82) is 0 Å². The highest BCUT2D eigenvalue weighted by Gasteiger charge is 2.23. The number of carboxylic acid groups (broad SMARTS) is 1. The lowest BCUT2D eigenvalue weighted by atomic mass is 9.95. The average Bonchev–Trinajstić information content (AvgIpc) is 2.37. The Bertz CT molecular complexity index is 152. The molecule has 1 saturated carbocycles. The zero-order chi connectivity index (χ0) is 9.56. The molecule has 0 aromatic carbocycles. The maximum atomic E-state index is 10.8. The summed E-state index contributed by atoms with van der Waals surface area (Å²) in [7, 11) is 0. The summed E-state index contributed by atoms with van der Waals surface area (Å²) >= 11 is 0. The number of ketones is 1. The van der Waals surface area contributed by atoms with Gasteiger partial charge in [-0.15, -0.1) is 0 Å². The predicted octanol–water partition coefficient (Wildman–Crippen LogP) is 1.71. The number of carbonyl (C=O) groups is 2. The Kier molecular flexibility index (Phi) is 5.34. The van der Waals surface area contributed by atoms with E-state index in [2.05, 4.69) is 13.8 Å². The molecule has 1 atom stereocenters. The molecule has 1 rings (SSSR count). The van der Waals surface area contributed by atoms with E-state index in [0.29, 0.717) is 17.6 Å². The molecule has 0 aliphatic heterocycles. The van der Waals surface area contributed by atoms with E-state index in [1.807, 2.05) is 0 Å². The summed E-state index contributed by atoms with van der Waals surface area (Å²) in [5.74, 6) is 1.86. The standard InChI is InChI=1S/C8H14O.CH2O2/c1-6(2)7-3-4-8(9)5-7;2-1-3/h6-7H,3-5H2,1-2H3;1H,(H,2,3)/t7-;/m0./s1. The summed E-state index contributed by atoms with van der Waals surface area (Å²) in [4.78, 5) is 19.1. The van der Waals surface area contributed by atoms with Crippen molar-refractivity contribution in [1.82, 2.24) is 0 Å². The van der Waals surface area contributed by atoms with Crippen LogP contribution < -0.4 is 0 Å². The third-order valence-electron chi connectivity index (χ3n) is 2.23. The monoisotopic (exact) mass is 172 g/mol. The van der Waals surface area contributed by atoms with Crippen molar-refractivity contribution in [3.05, 3.63) is 0 Å². The minimum atomic E-state index is -0.250. The van der Waals surface area contributed by atoms with Crippen LogP contribution in [0.2, 0.25) is 0 Å². The fraction of sp³-hybridized carbons (Fsp3) is 0.778.